The van der Waals surface area contributed by atoms with Gasteiger partial charge >= 0.3 is 0 Å². The summed E-state index contributed by atoms with van der Waals surface area (Å²) in [5, 5.41) is 4.40. The molecule has 1 aliphatic rings. The average Bonchev–Trinajstić information content (AvgIpc) is 2.87. The van der Waals surface area contributed by atoms with E-state index in [0.29, 0.717) is 0 Å². The van der Waals surface area contributed by atoms with Crippen LogP contribution < -0.4 is 4.74 Å². The molecule has 1 unspecified atom stereocenters. The van der Waals surface area contributed by atoms with E-state index < -0.39 is 0 Å². The molecule has 4 heteroatoms. The van der Waals surface area contributed by atoms with Crippen molar-refractivity contribution >= 4 is 0 Å². The normalized spacial score (nSPS) is 19.3. The number of hydrogen-bond donors (Lipinski definition) is 0. The lowest BCUT2D eigenvalue weighted by atomic mass is 10.1. The monoisotopic (exact) mass is 258 g/mol. The second kappa shape index (κ2) is 5.45. The minimum atomic E-state index is -0.104. The number of ether oxygens (including phenoxy) is 2. The van der Waals surface area contributed by atoms with E-state index >= 15 is 0 Å². The maximum Gasteiger partial charge on any atom is 0.199 e. The largest absolute Gasteiger partial charge is 0.465 e. The lowest BCUT2D eigenvalue weighted by molar-refractivity contribution is -0.105. The maximum absolute atomic E-state index is 5.87. The Morgan fingerprint density at radius 3 is 3.00 bits per heavy atom. The van der Waals surface area contributed by atoms with Gasteiger partial charge in [0.15, 0.2) is 6.29 Å². The lowest BCUT2D eigenvalue weighted by Gasteiger charge is -2.23. The van der Waals surface area contributed by atoms with Gasteiger partial charge in [0, 0.05) is 25.2 Å². The van der Waals surface area contributed by atoms with Crippen molar-refractivity contribution in [1.82, 2.24) is 9.78 Å². The molecule has 19 heavy (non-hydrogen) atoms. The Kier molecular flexibility index (Phi) is 3.51. The maximum atomic E-state index is 5.87. The molecule has 2 heterocycles. The summed E-state index contributed by atoms with van der Waals surface area (Å²) in [6.07, 6.45) is 5.10. The van der Waals surface area contributed by atoms with E-state index in [4.69, 9.17) is 9.47 Å². The minimum Gasteiger partial charge on any atom is -0.465 e. The van der Waals surface area contributed by atoms with Crippen molar-refractivity contribution in [3.63, 3.8) is 0 Å². The molecule has 0 aliphatic carbocycles. The molecule has 0 amide bonds. The molecule has 3 rings (SSSR count). The number of nitrogens with zero attached hydrogens (tertiary/aromatic N) is 2. The summed E-state index contributed by atoms with van der Waals surface area (Å²) in [6, 6.07) is 10.0. The zero-order valence-corrected chi connectivity index (χ0v) is 11.1. The van der Waals surface area contributed by atoms with Crippen LogP contribution in [0.4, 0.5) is 0 Å². The standard InChI is InChI=1S/C15H18N2O2/c1-17-9-8-14(16-17)12-5-4-6-13(11-12)19-15-7-2-3-10-18-15/h4-6,8-9,11,15H,2-3,7,10H2,1H3. The van der Waals surface area contributed by atoms with E-state index in [2.05, 4.69) is 5.10 Å². The molecule has 4 nitrogen and oxygen atoms in total. The van der Waals surface area contributed by atoms with Crippen LogP contribution in [0.5, 0.6) is 5.75 Å². The number of aromatic nitrogens is 2. The quantitative estimate of drug-likeness (QED) is 0.849. The first kappa shape index (κ1) is 12.2. The molecule has 1 fully saturated rings. The number of hydrogen-bond acceptors (Lipinski definition) is 3. The van der Waals surface area contributed by atoms with Gasteiger partial charge in [-0.25, -0.2) is 0 Å². The first-order valence-electron chi connectivity index (χ1n) is 6.69. The highest BCUT2D eigenvalue weighted by Gasteiger charge is 2.15. The van der Waals surface area contributed by atoms with E-state index in [1.165, 1.54) is 6.42 Å². The molecule has 2 aromatic rings. The van der Waals surface area contributed by atoms with Gasteiger partial charge < -0.3 is 9.47 Å². The first-order valence-corrected chi connectivity index (χ1v) is 6.69. The van der Waals surface area contributed by atoms with Crippen molar-refractivity contribution in [2.45, 2.75) is 25.6 Å². The van der Waals surface area contributed by atoms with Crippen molar-refractivity contribution < 1.29 is 9.47 Å². The zero-order chi connectivity index (χ0) is 13.1. The van der Waals surface area contributed by atoms with Crippen molar-refractivity contribution in [2.75, 3.05) is 6.61 Å². The van der Waals surface area contributed by atoms with Gasteiger partial charge in [-0.05, 0) is 31.0 Å². The Morgan fingerprint density at radius 1 is 1.32 bits per heavy atom. The Morgan fingerprint density at radius 2 is 2.26 bits per heavy atom. The molecule has 0 saturated carbocycles. The molecule has 1 aliphatic heterocycles. The number of aryl methyl sites for hydroxylation is 1. The van der Waals surface area contributed by atoms with Crippen LogP contribution in [0.25, 0.3) is 11.3 Å². The molecule has 100 valence electrons. The third-order valence-corrected chi connectivity index (χ3v) is 3.25. The number of benzene rings is 1. The second-order valence-corrected chi connectivity index (χ2v) is 4.82. The van der Waals surface area contributed by atoms with Crippen LogP contribution in [-0.2, 0) is 11.8 Å². The molecule has 0 spiro atoms. The van der Waals surface area contributed by atoms with Crippen molar-refractivity contribution in [3.05, 3.63) is 36.5 Å². The predicted octanol–water partition coefficient (Wildman–Crippen LogP) is 2.99. The van der Waals surface area contributed by atoms with E-state index in [9.17, 15) is 0 Å². The second-order valence-electron chi connectivity index (χ2n) is 4.82. The van der Waals surface area contributed by atoms with Gasteiger partial charge in [-0.2, -0.15) is 5.10 Å². The van der Waals surface area contributed by atoms with Crippen LogP contribution in [0.15, 0.2) is 36.5 Å². The van der Waals surface area contributed by atoms with Crippen LogP contribution >= 0.6 is 0 Å². The first-order chi connectivity index (χ1) is 9.31. The molecular formula is C15H18N2O2. The number of rotatable bonds is 3. The van der Waals surface area contributed by atoms with Crippen molar-refractivity contribution in [3.8, 4) is 17.0 Å². The Labute approximate surface area is 113 Å². The van der Waals surface area contributed by atoms with E-state index in [1.54, 1.807) is 4.68 Å². The molecular weight excluding hydrogens is 240 g/mol. The molecule has 1 aromatic heterocycles. The fourth-order valence-corrected chi connectivity index (χ4v) is 2.25. The molecule has 0 bridgehead atoms. The van der Waals surface area contributed by atoms with Gasteiger partial charge in [0.2, 0.25) is 0 Å². The predicted molar refractivity (Wildman–Crippen MR) is 72.9 cm³/mol. The summed E-state index contributed by atoms with van der Waals surface area (Å²) >= 11 is 0. The Balaban J connectivity index is 1.75. The fourth-order valence-electron chi connectivity index (χ4n) is 2.25. The topological polar surface area (TPSA) is 36.3 Å². The SMILES string of the molecule is Cn1ccc(-c2cccc(OC3CCCCO3)c2)n1. The highest BCUT2D eigenvalue weighted by atomic mass is 16.7. The third-order valence-electron chi connectivity index (χ3n) is 3.25. The van der Waals surface area contributed by atoms with Crippen LogP contribution in [0.1, 0.15) is 19.3 Å². The summed E-state index contributed by atoms with van der Waals surface area (Å²) in [5.74, 6) is 0.843. The van der Waals surface area contributed by atoms with E-state index in [1.807, 2.05) is 43.6 Å². The highest BCUT2D eigenvalue weighted by Crippen LogP contribution is 2.24. The van der Waals surface area contributed by atoms with Gasteiger partial charge in [0.1, 0.15) is 5.75 Å². The van der Waals surface area contributed by atoms with E-state index in [-0.39, 0.29) is 6.29 Å². The Hall–Kier alpha value is -1.81. The molecule has 0 N–H and O–H groups in total. The van der Waals surface area contributed by atoms with Gasteiger partial charge in [-0.1, -0.05) is 12.1 Å². The molecule has 0 radical (unpaired) electrons. The summed E-state index contributed by atoms with van der Waals surface area (Å²) in [6.45, 7) is 0.796. The van der Waals surface area contributed by atoms with Gasteiger partial charge in [-0.15, -0.1) is 0 Å². The molecule has 1 aromatic carbocycles. The van der Waals surface area contributed by atoms with Crippen LogP contribution in [0, 0.1) is 0 Å². The van der Waals surface area contributed by atoms with Gasteiger partial charge in [0.25, 0.3) is 0 Å². The van der Waals surface area contributed by atoms with Crippen LogP contribution in [-0.4, -0.2) is 22.7 Å². The van der Waals surface area contributed by atoms with Gasteiger partial charge in [0.05, 0.1) is 12.3 Å². The fraction of sp³-hybridized carbons (Fsp3) is 0.400. The van der Waals surface area contributed by atoms with Crippen LogP contribution in [0.3, 0.4) is 0 Å². The summed E-state index contributed by atoms with van der Waals surface area (Å²) in [4.78, 5) is 0. The summed E-state index contributed by atoms with van der Waals surface area (Å²) < 4.78 is 13.3. The van der Waals surface area contributed by atoms with Gasteiger partial charge in [-0.3, -0.25) is 4.68 Å². The lowest BCUT2D eigenvalue weighted by Crippen LogP contribution is -2.24. The summed E-state index contributed by atoms with van der Waals surface area (Å²) in [5.41, 5.74) is 2.02. The van der Waals surface area contributed by atoms with Crippen molar-refractivity contribution in [2.24, 2.45) is 7.05 Å². The zero-order valence-electron chi connectivity index (χ0n) is 11.1. The minimum absolute atomic E-state index is 0.104. The van der Waals surface area contributed by atoms with Crippen molar-refractivity contribution in [1.29, 1.82) is 0 Å². The Bertz CT molecular complexity index is 545. The van der Waals surface area contributed by atoms with Crippen LogP contribution in [0.2, 0.25) is 0 Å². The smallest absolute Gasteiger partial charge is 0.199 e. The molecule has 1 saturated heterocycles. The average molecular weight is 258 g/mol. The third kappa shape index (κ3) is 2.96. The van der Waals surface area contributed by atoms with E-state index in [0.717, 1.165) is 36.5 Å². The summed E-state index contributed by atoms with van der Waals surface area (Å²) in [7, 11) is 1.92. The molecule has 1 atom stereocenters. The highest BCUT2D eigenvalue weighted by molar-refractivity contribution is 5.60.